The summed E-state index contributed by atoms with van der Waals surface area (Å²) >= 11 is 0. The van der Waals surface area contributed by atoms with Crippen molar-refractivity contribution in [3.63, 3.8) is 0 Å². The van der Waals surface area contributed by atoms with E-state index in [0.29, 0.717) is 5.56 Å². The molecule has 0 unspecified atom stereocenters. The van der Waals surface area contributed by atoms with Gasteiger partial charge in [-0.15, -0.1) is 0 Å². The van der Waals surface area contributed by atoms with E-state index in [1.165, 1.54) is 24.3 Å². The van der Waals surface area contributed by atoms with Crippen LogP contribution in [0.1, 0.15) is 18.6 Å². The number of esters is 1. The lowest BCUT2D eigenvalue weighted by molar-refractivity contribution is -0.153. The molecule has 180 valence electrons. The van der Waals surface area contributed by atoms with Gasteiger partial charge in [-0.2, -0.15) is 0 Å². The maximum absolute atomic E-state index is 12.9. The lowest BCUT2D eigenvalue weighted by atomic mass is 9.96. The molecule has 11 nitrogen and oxygen atoms in total. The molecule has 0 aliphatic carbocycles. The highest BCUT2D eigenvalue weighted by Gasteiger charge is 2.51. The van der Waals surface area contributed by atoms with Gasteiger partial charge in [0.15, 0.2) is 17.1 Å². The molecule has 1 aromatic heterocycles. The third-order valence-electron chi connectivity index (χ3n) is 5.58. The van der Waals surface area contributed by atoms with Gasteiger partial charge in [-0.3, -0.25) is 9.59 Å². The molecular weight excluding hydrogens is 452 g/mol. The first kappa shape index (κ1) is 23.5. The highest BCUT2D eigenvalue weighted by molar-refractivity contribution is 5.89. The molecule has 1 aliphatic heterocycles. The summed E-state index contributed by atoms with van der Waals surface area (Å²) in [5, 5.41) is 60.3. The van der Waals surface area contributed by atoms with Crippen LogP contribution in [0.15, 0.2) is 45.6 Å². The van der Waals surface area contributed by atoms with Gasteiger partial charge in [-0.05, 0) is 24.3 Å². The molecule has 0 saturated carbocycles. The minimum Gasteiger partial charge on any atom is -0.508 e. The van der Waals surface area contributed by atoms with Crippen molar-refractivity contribution in [3.8, 4) is 28.6 Å². The van der Waals surface area contributed by atoms with Crippen LogP contribution in [0.2, 0.25) is 0 Å². The number of aliphatic hydroxyl groups excluding tert-OH is 3. The predicted octanol–water partition coefficient (Wildman–Crippen LogP) is 0.663. The van der Waals surface area contributed by atoms with Gasteiger partial charge in [0.1, 0.15) is 52.8 Å². The molecular formula is C23H22O11. The van der Waals surface area contributed by atoms with Gasteiger partial charge in [0.25, 0.3) is 0 Å². The Hall–Kier alpha value is -3.64. The van der Waals surface area contributed by atoms with Crippen molar-refractivity contribution >= 4 is 16.9 Å². The Bertz CT molecular complexity index is 1280. The molecule has 2 heterocycles. The van der Waals surface area contributed by atoms with Gasteiger partial charge in [-0.25, -0.2) is 0 Å². The minimum atomic E-state index is -1.61. The summed E-state index contributed by atoms with van der Waals surface area (Å²) in [4.78, 5) is 24.6. The zero-order valence-electron chi connectivity index (χ0n) is 17.8. The van der Waals surface area contributed by atoms with Gasteiger partial charge in [-0.1, -0.05) is 0 Å². The quantitative estimate of drug-likeness (QED) is 0.285. The van der Waals surface area contributed by atoms with E-state index in [4.69, 9.17) is 13.9 Å². The first-order valence-electron chi connectivity index (χ1n) is 10.2. The van der Waals surface area contributed by atoms with Crippen molar-refractivity contribution in [1.82, 2.24) is 0 Å². The van der Waals surface area contributed by atoms with Crippen molar-refractivity contribution < 1.29 is 49.3 Å². The summed E-state index contributed by atoms with van der Waals surface area (Å²) in [6.07, 6.45) is -7.46. The predicted molar refractivity (Wildman–Crippen MR) is 115 cm³/mol. The summed E-state index contributed by atoms with van der Waals surface area (Å²) in [7, 11) is 0. The summed E-state index contributed by atoms with van der Waals surface area (Å²) < 4.78 is 16.7. The molecule has 0 amide bonds. The van der Waals surface area contributed by atoms with E-state index >= 15 is 0 Å². The number of benzene rings is 2. The molecule has 4 rings (SSSR count). The molecule has 1 fully saturated rings. The second-order valence-electron chi connectivity index (χ2n) is 7.89. The second-order valence-corrected chi connectivity index (χ2v) is 7.89. The van der Waals surface area contributed by atoms with E-state index in [2.05, 4.69) is 0 Å². The number of rotatable bonds is 5. The molecule has 0 bridgehead atoms. The number of carbonyl (C=O) groups is 1. The Labute approximate surface area is 191 Å². The highest BCUT2D eigenvalue weighted by atomic mass is 16.6. The minimum absolute atomic E-state index is 0.0195. The summed E-state index contributed by atoms with van der Waals surface area (Å²) in [6.45, 7) is 0.307. The molecule has 3 aromatic rings. The Morgan fingerprint density at radius 1 is 1.12 bits per heavy atom. The molecule has 2 aromatic carbocycles. The summed E-state index contributed by atoms with van der Waals surface area (Å²) in [6, 6.07) is 7.69. The first-order chi connectivity index (χ1) is 16.1. The number of aliphatic hydroxyl groups is 3. The lowest BCUT2D eigenvalue weighted by Gasteiger charge is -2.22. The van der Waals surface area contributed by atoms with Crippen molar-refractivity contribution in [1.29, 1.82) is 0 Å². The van der Waals surface area contributed by atoms with Gasteiger partial charge < -0.3 is 44.5 Å². The maximum Gasteiger partial charge on any atom is 0.303 e. The van der Waals surface area contributed by atoms with E-state index in [1.807, 2.05) is 0 Å². The Balaban J connectivity index is 1.95. The van der Waals surface area contributed by atoms with E-state index in [-0.39, 0.29) is 28.0 Å². The molecule has 0 spiro atoms. The molecule has 0 radical (unpaired) electrons. The van der Waals surface area contributed by atoms with Crippen LogP contribution < -0.4 is 5.43 Å². The zero-order chi connectivity index (χ0) is 24.7. The van der Waals surface area contributed by atoms with Crippen LogP contribution in [0.5, 0.6) is 17.2 Å². The number of phenolic OH excluding ortho intramolecular Hbond substituents is 3. The van der Waals surface area contributed by atoms with Crippen molar-refractivity contribution in [2.75, 3.05) is 6.61 Å². The van der Waals surface area contributed by atoms with Crippen LogP contribution in [0.4, 0.5) is 0 Å². The Kier molecular flexibility index (Phi) is 6.19. The standard InChI is InChI=1S/C23H22O11/c1-9(25)32-23-19(31)20(15(30)8-24)34-22(23)18-13(28)6-12(27)17-14(29)7-16(33-21(17)18)10-2-4-11(26)5-3-10/h2-7,15,19-20,22-24,26-28,30-31H,8H2,1H3/t15-,19+,20-,22+,23-/m1/s1. The average molecular weight is 474 g/mol. The van der Waals surface area contributed by atoms with Crippen LogP contribution in [-0.4, -0.2) is 67.6 Å². The zero-order valence-corrected chi connectivity index (χ0v) is 17.8. The number of aromatic hydroxyl groups is 3. The Morgan fingerprint density at radius 3 is 2.41 bits per heavy atom. The fourth-order valence-electron chi connectivity index (χ4n) is 4.04. The molecule has 6 N–H and O–H groups in total. The van der Waals surface area contributed by atoms with Gasteiger partial charge in [0, 0.05) is 24.6 Å². The SMILES string of the molecule is CC(=O)O[C@@H]1[C@@H](O)[C@@H]([C@H](O)CO)O[C@H]1c1c(O)cc(O)c2c(=O)cc(-c3ccc(O)cc3)oc12. The molecule has 5 atom stereocenters. The number of ether oxygens (including phenoxy) is 2. The van der Waals surface area contributed by atoms with Gasteiger partial charge in [0.05, 0.1) is 12.2 Å². The van der Waals surface area contributed by atoms with Crippen LogP contribution in [0.25, 0.3) is 22.3 Å². The first-order valence-corrected chi connectivity index (χ1v) is 10.2. The number of hydrogen-bond donors (Lipinski definition) is 6. The highest BCUT2D eigenvalue weighted by Crippen LogP contribution is 2.46. The van der Waals surface area contributed by atoms with E-state index in [0.717, 1.165) is 19.1 Å². The van der Waals surface area contributed by atoms with Gasteiger partial charge >= 0.3 is 5.97 Å². The van der Waals surface area contributed by atoms with Crippen molar-refractivity contribution in [3.05, 3.63) is 52.2 Å². The summed E-state index contributed by atoms with van der Waals surface area (Å²) in [5.41, 5.74) is -0.800. The maximum atomic E-state index is 12.9. The molecule has 1 saturated heterocycles. The lowest BCUT2D eigenvalue weighted by Crippen LogP contribution is -2.41. The van der Waals surface area contributed by atoms with E-state index in [1.54, 1.807) is 0 Å². The fraction of sp³-hybridized carbons (Fsp3) is 0.304. The Morgan fingerprint density at radius 2 is 1.79 bits per heavy atom. The molecule has 11 heteroatoms. The topological polar surface area (TPSA) is 187 Å². The number of carbonyl (C=O) groups excluding carboxylic acids is 1. The largest absolute Gasteiger partial charge is 0.508 e. The van der Waals surface area contributed by atoms with E-state index in [9.17, 15) is 40.2 Å². The van der Waals surface area contributed by atoms with Crippen LogP contribution in [0.3, 0.4) is 0 Å². The van der Waals surface area contributed by atoms with Crippen LogP contribution >= 0.6 is 0 Å². The van der Waals surface area contributed by atoms with Crippen LogP contribution in [-0.2, 0) is 14.3 Å². The molecule has 34 heavy (non-hydrogen) atoms. The third-order valence-corrected chi connectivity index (χ3v) is 5.58. The number of phenols is 3. The monoisotopic (exact) mass is 474 g/mol. The van der Waals surface area contributed by atoms with Crippen LogP contribution in [0, 0.1) is 0 Å². The number of fused-ring (bicyclic) bond motifs is 1. The normalized spacial score (nSPS) is 23.2. The average Bonchev–Trinajstić information content (AvgIpc) is 3.08. The third kappa shape index (κ3) is 4.05. The number of hydrogen-bond acceptors (Lipinski definition) is 11. The van der Waals surface area contributed by atoms with Crippen molar-refractivity contribution in [2.24, 2.45) is 0 Å². The molecule has 1 aliphatic rings. The van der Waals surface area contributed by atoms with E-state index < -0.39 is 60.0 Å². The van der Waals surface area contributed by atoms with Gasteiger partial charge in [0.2, 0.25) is 0 Å². The second kappa shape index (κ2) is 8.95. The smallest absolute Gasteiger partial charge is 0.303 e. The van der Waals surface area contributed by atoms with Crippen molar-refractivity contribution in [2.45, 2.75) is 37.4 Å². The fourth-order valence-corrected chi connectivity index (χ4v) is 4.04. The summed E-state index contributed by atoms with van der Waals surface area (Å²) in [5.74, 6) is -1.97.